The zero-order valence-corrected chi connectivity index (χ0v) is 19.1. The Bertz CT molecular complexity index is 1380. The van der Waals surface area contributed by atoms with E-state index >= 15 is 0 Å². The molecule has 34 heavy (non-hydrogen) atoms. The molecular formula is C25H25N7O2. The number of hydrogen-bond acceptors (Lipinski definition) is 6. The number of amides is 1. The van der Waals surface area contributed by atoms with Gasteiger partial charge in [-0.2, -0.15) is 15.5 Å². The smallest absolute Gasteiger partial charge is 0.410 e. The van der Waals surface area contributed by atoms with Crippen molar-refractivity contribution in [2.24, 2.45) is 7.05 Å². The largest absolute Gasteiger partial charge is 0.441 e. The van der Waals surface area contributed by atoms with Gasteiger partial charge in [0.1, 0.15) is 6.10 Å². The number of nitrogens with zero attached hydrogens (tertiary/aromatic N) is 7. The van der Waals surface area contributed by atoms with Crippen LogP contribution in [0, 0.1) is 11.3 Å². The zero-order valence-electron chi connectivity index (χ0n) is 19.1. The average molecular weight is 456 g/mol. The summed E-state index contributed by atoms with van der Waals surface area (Å²) in [7, 11) is 1.90. The van der Waals surface area contributed by atoms with Gasteiger partial charge in [-0.05, 0) is 19.1 Å². The number of aromatic nitrogens is 4. The van der Waals surface area contributed by atoms with Crippen LogP contribution in [0.2, 0.25) is 0 Å². The molecule has 1 aliphatic rings. The first-order chi connectivity index (χ1) is 16.5. The van der Waals surface area contributed by atoms with E-state index in [0.717, 1.165) is 22.3 Å². The zero-order chi connectivity index (χ0) is 23.7. The first-order valence-corrected chi connectivity index (χ1v) is 11.2. The predicted molar refractivity (Wildman–Crippen MR) is 127 cm³/mol. The molecule has 0 bridgehead atoms. The number of pyridine rings is 1. The molecule has 172 valence electrons. The van der Waals surface area contributed by atoms with Gasteiger partial charge in [0.2, 0.25) is 0 Å². The van der Waals surface area contributed by atoms with Crippen molar-refractivity contribution in [1.82, 2.24) is 24.3 Å². The molecule has 9 nitrogen and oxygen atoms in total. The third kappa shape index (κ3) is 4.06. The lowest BCUT2D eigenvalue weighted by Crippen LogP contribution is -2.49. The highest BCUT2D eigenvalue weighted by molar-refractivity contribution is 5.76. The van der Waals surface area contributed by atoms with Gasteiger partial charge in [-0.3, -0.25) is 4.68 Å². The van der Waals surface area contributed by atoms with Crippen LogP contribution >= 0.6 is 0 Å². The molecule has 1 aliphatic heterocycles. The molecule has 1 aromatic carbocycles. The molecule has 1 atom stereocenters. The average Bonchev–Trinajstić information content (AvgIpc) is 3.49. The predicted octanol–water partition coefficient (Wildman–Crippen LogP) is 3.63. The normalized spacial score (nSPS) is 14.7. The van der Waals surface area contributed by atoms with Gasteiger partial charge >= 0.3 is 6.09 Å². The Labute approximate surface area is 197 Å². The van der Waals surface area contributed by atoms with E-state index in [1.807, 2.05) is 48.5 Å². The molecule has 1 unspecified atom stereocenters. The fraction of sp³-hybridized carbons (Fsp3) is 0.280. The summed E-state index contributed by atoms with van der Waals surface area (Å²) < 4.78 is 9.33. The van der Waals surface area contributed by atoms with Gasteiger partial charge in [-0.15, -0.1) is 0 Å². The fourth-order valence-electron chi connectivity index (χ4n) is 4.33. The summed E-state index contributed by atoms with van der Waals surface area (Å²) in [6, 6.07) is 13.5. The summed E-state index contributed by atoms with van der Waals surface area (Å²) in [6.45, 7) is 4.27. The number of anilines is 1. The van der Waals surface area contributed by atoms with E-state index in [2.05, 4.69) is 33.3 Å². The van der Waals surface area contributed by atoms with E-state index in [-0.39, 0.29) is 6.09 Å². The van der Waals surface area contributed by atoms with Crippen LogP contribution in [-0.4, -0.2) is 56.6 Å². The van der Waals surface area contributed by atoms with Crippen molar-refractivity contribution >= 4 is 17.3 Å². The number of carbonyl (C=O) groups excluding carboxylic acids is 1. The van der Waals surface area contributed by atoms with E-state index in [4.69, 9.17) is 4.74 Å². The van der Waals surface area contributed by atoms with Crippen LogP contribution < -0.4 is 4.90 Å². The minimum atomic E-state index is -0.491. The standard InChI is InChI=1S/C25H25N7O2/c1-18(22-6-4-3-5-19(22)13-26)34-25(33)31-11-9-30(10-12-31)24-15-28-32-17-20(7-8-23(24)32)21-14-27-29(2)16-21/h3-8,14-18H,9-12H2,1-2H3. The number of piperazine rings is 1. The number of fused-ring (bicyclic) bond motifs is 1. The Morgan fingerprint density at radius 2 is 1.82 bits per heavy atom. The second-order valence-electron chi connectivity index (χ2n) is 8.38. The summed E-state index contributed by atoms with van der Waals surface area (Å²) in [5.41, 5.74) is 5.39. The lowest BCUT2D eigenvalue weighted by atomic mass is 10.0. The number of hydrogen-bond donors (Lipinski definition) is 0. The Morgan fingerprint density at radius 1 is 1.03 bits per heavy atom. The molecule has 1 fully saturated rings. The first-order valence-electron chi connectivity index (χ1n) is 11.2. The SMILES string of the molecule is CC(OC(=O)N1CCN(c2cnn3cc(-c4cnn(C)c4)ccc23)CC1)c1ccccc1C#N. The van der Waals surface area contributed by atoms with Gasteiger partial charge in [-0.1, -0.05) is 24.3 Å². The van der Waals surface area contributed by atoms with Crippen molar-refractivity contribution in [3.63, 3.8) is 0 Å². The Morgan fingerprint density at radius 3 is 2.56 bits per heavy atom. The molecule has 0 radical (unpaired) electrons. The van der Waals surface area contributed by atoms with Crippen molar-refractivity contribution in [2.75, 3.05) is 31.1 Å². The number of benzene rings is 1. The highest BCUT2D eigenvalue weighted by atomic mass is 16.6. The van der Waals surface area contributed by atoms with Gasteiger partial charge in [0.05, 0.1) is 35.2 Å². The Balaban J connectivity index is 1.23. The lowest BCUT2D eigenvalue weighted by Gasteiger charge is -2.35. The molecule has 0 saturated carbocycles. The van der Waals surface area contributed by atoms with Gasteiger partial charge in [0.15, 0.2) is 0 Å². The maximum atomic E-state index is 12.7. The van der Waals surface area contributed by atoms with E-state index < -0.39 is 6.10 Å². The monoisotopic (exact) mass is 455 g/mol. The topological polar surface area (TPSA) is 91.7 Å². The summed E-state index contributed by atoms with van der Waals surface area (Å²) in [5, 5.41) is 18.1. The van der Waals surface area contributed by atoms with Crippen molar-refractivity contribution in [3.05, 3.63) is 72.3 Å². The summed E-state index contributed by atoms with van der Waals surface area (Å²) in [4.78, 5) is 16.7. The quantitative estimate of drug-likeness (QED) is 0.467. The molecule has 1 saturated heterocycles. The van der Waals surface area contributed by atoms with Crippen molar-refractivity contribution in [1.29, 1.82) is 5.26 Å². The summed E-state index contributed by atoms with van der Waals surface area (Å²) in [6.07, 6.45) is 6.84. The maximum absolute atomic E-state index is 12.7. The Kier molecular flexibility index (Phi) is 5.64. The number of carbonyl (C=O) groups is 1. The molecular weight excluding hydrogens is 430 g/mol. The minimum absolute atomic E-state index is 0.360. The second-order valence-corrected chi connectivity index (χ2v) is 8.38. The molecule has 1 amide bonds. The van der Waals surface area contributed by atoms with Crippen LogP contribution in [0.5, 0.6) is 0 Å². The molecule has 0 aliphatic carbocycles. The summed E-state index contributed by atoms with van der Waals surface area (Å²) >= 11 is 0. The van der Waals surface area contributed by atoms with E-state index in [9.17, 15) is 10.1 Å². The molecule has 0 spiro atoms. The molecule has 0 N–H and O–H groups in total. The van der Waals surface area contributed by atoms with E-state index in [1.165, 1.54) is 0 Å². The lowest BCUT2D eigenvalue weighted by molar-refractivity contribution is 0.0680. The summed E-state index contributed by atoms with van der Waals surface area (Å²) in [5.74, 6) is 0. The molecule has 5 rings (SSSR count). The van der Waals surface area contributed by atoms with Gasteiger partial charge in [0.25, 0.3) is 0 Å². The molecule has 4 aromatic rings. The third-order valence-corrected chi connectivity index (χ3v) is 6.21. The highest BCUT2D eigenvalue weighted by Crippen LogP contribution is 2.27. The van der Waals surface area contributed by atoms with Gasteiger partial charge in [-0.25, -0.2) is 9.31 Å². The van der Waals surface area contributed by atoms with Crippen molar-refractivity contribution in [2.45, 2.75) is 13.0 Å². The number of rotatable bonds is 4. The van der Waals surface area contributed by atoms with Crippen LogP contribution in [0.15, 0.2) is 61.2 Å². The molecule has 4 heterocycles. The van der Waals surface area contributed by atoms with Crippen LogP contribution in [0.4, 0.5) is 10.5 Å². The van der Waals surface area contributed by atoms with Crippen LogP contribution in [0.3, 0.4) is 0 Å². The molecule has 9 heteroatoms. The van der Waals surface area contributed by atoms with Gasteiger partial charge in [0, 0.05) is 62.3 Å². The first kappa shape index (κ1) is 21.5. The third-order valence-electron chi connectivity index (χ3n) is 6.21. The maximum Gasteiger partial charge on any atom is 0.410 e. The highest BCUT2D eigenvalue weighted by Gasteiger charge is 2.26. The van der Waals surface area contributed by atoms with Crippen molar-refractivity contribution < 1.29 is 9.53 Å². The van der Waals surface area contributed by atoms with Gasteiger partial charge < -0.3 is 14.5 Å². The second kappa shape index (κ2) is 8.90. The number of nitriles is 1. The fourth-order valence-corrected chi connectivity index (χ4v) is 4.33. The van der Waals surface area contributed by atoms with E-state index in [1.54, 1.807) is 28.6 Å². The van der Waals surface area contributed by atoms with Crippen LogP contribution in [0.1, 0.15) is 24.2 Å². The van der Waals surface area contributed by atoms with Crippen molar-refractivity contribution in [3.8, 4) is 17.2 Å². The van der Waals surface area contributed by atoms with Crippen LogP contribution in [-0.2, 0) is 11.8 Å². The van der Waals surface area contributed by atoms with E-state index in [0.29, 0.717) is 37.3 Å². The minimum Gasteiger partial charge on any atom is -0.441 e. The Hall–Kier alpha value is -4.32. The number of ether oxygens (including phenoxy) is 1. The molecule has 3 aromatic heterocycles. The van der Waals surface area contributed by atoms with Crippen LogP contribution in [0.25, 0.3) is 16.6 Å². The number of aryl methyl sites for hydroxylation is 1.